The zero-order chi connectivity index (χ0) is 88.6. The van der Waals surface area contributed by atoms with Gasteiger partial charge in [-0.2, -0.15) is 9.97 Å². The first-order valence-corrected chi connectivity index (χ1v) is 37.9. The number of nitrogens with zero attached hydrogens (tertiary/aromatic N) is 14. The number of nitrogens with one attached hydrogen (secondary N) is 5. The van der Waals surface area contributed by atoms with Crippen molar-refractivity contribution in [1.82, 2.24) is 35.2 Å². The highest BCUT2D eigenvalue weighted by Gasteiger charge is 2.25. The van der Waals surface area contributed by atoms with Crippen LogP contribution in [0.4, 0.5) is 68.9 Å². The number of nitrogens with two attached hydrogens (primary N) is 2. The zero-order valence-electron chi connectivity index (χ0n) is 66.7. The maximum atomic E-state index is 13.1. The van der Waals surface area contributed by atoms with E-state index in [0.717, 1.165) is 10.8 Å². The molecule has 0 spiro atoms. The number of hydrogen-bond acceptors (Lipinski definition) is 27. The summed E-state index contributed by atoms with van der Waals surface area (Å²) < 4.78 is 10.2. The third-order valence-corrected chi connectivity index (χ3v) is 18.4. The molecular formula is C92H71N21O13. The lowest BCUT2D eigenvalue weighted by molar-refractivity contribution is 0.0959. The number of fused-ring (bicyclic) bond motifs is 4. The van der Waals surface area contributed by atoms with Gasteiger partial charge in [-0.25, -0.2) is 19.9 Å². The minimum absolute atomic E-state index is 0.00694. The van der Waals surface area contributed by atoms with Crippen LogP contribution in [0, 0.1) is 0 Å². The molecule has 16 rings (SSSR count). The number of carbonyl (C=O) groups excluding carboxylic acids is 7. The normalized spacial score (nSPS) is 10.9. The summed E-state index contributed by atoms with van der Waals surface area (Å²) in [6, 6.07) is 77.5. The highest BCUT2D eigenvalue weighted by atomic mass is 16.5. The number of ether oxygens (including phenoxy) is 2. The average Bonchev–Trinajstić information content (AvgIpc) is 0.790. The molecule has 0 bridgehead atoms. The molecule has 7 amide bonds. The number of methoxy groups -OCH3 is 2. The van der Waals surface area contributed by atoms with Crippen molar-refractivity contribution >= 4 is 153 Å². The molecule has 0 aliphatic carbocycles. The van der Waals surface area contributed by atoms with Gasteiger partial charge in [0.15, 0.2) is 40.5 Å². The van der Waals surface area contributed by atoms with Gasteiger partial charge in [0.1, 0.15) is 22.7 Å². The Hall–Kier alpha value is -18.4. The summed E-state index contributed by atoms with van der Waals surface area (Å²) in [6.45, 7) is 0. The number of phenolic OH excluding ortho intramolecular Hbond substituents is 4. The van der Waals surface area contributed by atoms with Crippen molar-refractivity contribution in [3.8, 4) is 34.9 Å². The van der Waals surface area contributed by atoms with E-state index in [0.29, 0.717) is 49.4 Å². The van der Waals surface area contributed by atoms with Gasteiger partial charge >= 0.3 is 6.01 Å². The van der Waals surface area contributed by atoms with Gasteiger partial charge in [-0.05, 0) is 125 Å². The van der Waals surface area contributed by atoms with Crippen molar-refractivity contribution in [2.75, 3.05) is 42.5 Å². The van der Waals surface area contributed by atoms with E-state index in [1.54, 1.807) is 176 Å². The highest BCUT2D eigenvalue weighted by Crippen LogP contribution is 2.45. The first-order chi connectivity index (χ1) is 61.2. The second-order valence-electron chi connectivity index (χ2n) is 26.5. The van der Waals surface area contributed by atoms with Gasteiger partial charge in [-0.15, -0.1) is 40.9 Å². The van der Waals surface area contributed by atoms with Crippen LogP contribution >= 0.6 is 0 Å². The molecule has 0 aliphatic rings. The summed E-state index contributed by atoms with van der Waals surface area (Å²) in [4.78, 5) is 111. The Balaban J connectivity index is 0.000000144. The molecule has 34 heteroatoms. The third-order valence-electron chi connectivity index (χ3n) is 18.4. The van der Waals surface area contributed by atoms with Crippen molar-refractivity contribution in [1.29, 1.82) is 0 Å². The van der Waals surface area contributed by atoms with Crippen LogP contribution in [0.25, 0.3) is 43.1 Å². The quantitative estimate of drug-likeness (QED) is 0.0298. The first kappa shape index (κ1) is 85.5. The highest BCUT2D eigenvalue weighted by molar-refractivity contribution is 6.16. The van der Waals surface area contributed by atoms with Gasteiger partial charge in [-0.1, -0.05) is 164 Å². The Morgan fingerprint density at radius 3 is 1.06 bits per heavy atom. The summed E-state index contributed by atoms with van der Waals surface area (Å²) in [5, 5.41) is 94.9. The summed E-state index contributed by atoms with van der Waals surface area (Å²) in [6.07, 6.45) is 5.99. The fourth-order valence-electron chi connectivity index (χ4n) is 12.4. The predicted octanol–water partition coefficient (Wildman–Crippen LogP) is 18.8. The van der Waals surface area contributed by atoms with Crippen LogP contribution in [0.1, 0.15) is 72.5 Å². The van der Waals surface area contributed by atoms with Crippen LogP contribution in [0.15, 0.2) is 339 Å². The zero-order valence-corrected chi connectivity index (χ0v) is 66.7. The lowest BCUT2D eigenvalue weighted by atomic mass is 10.0. The molecule has 34 nitrogen and oxygen atoms in total. The molecule has 12 aromatic carbocycles. The Morgan fingerprint density at radius 2 is 0.659 bits per heavy atom. The fourth-order valence-corrected chi connectivity index (χ4v) is 12.4. The minimum Gasteiger partial charge on any atom is -0.505 e. The average molecular weight is 1680 g/mol. The van der Waals surface area contributed by atoms with Gasteiger partial charge in [-0.3, -0.25) is 33.6 Å². The number of carbonyl (C=O) groups is 7. The number of phenols is 4. The second-order valence-corrected chi connectivity index (χ2v) is 26.5. The van der Waals surface area contributed by atoms with Crippen molar-refractivity contribution in [2.24, 2.45) is 52.4 Å². The molecule has 0 radical (unpaired) electrons. The number of azo groups is 4. The van der Waals surface area contributed by atoms with E-state index in [1.165, 1.54) is 70.1 Å². The van der Waals surface area contributed by atoms with E-state index in [9.17, 15) is 54.0 Å². The standard InChI is InChI=1S/C24H18N6O4.C24H19N5O3.C23H19N5O4.C21H15N5O2/c25-21(32)15-8-3-4-10-18(15)28-24(34)17-12-13-6-1-2-7-14(13)19(20(17)31)29-30-23-16(22(26)33)9-5-11-27-23;1-25-23(31)18-12-7-13-26-22(18)29-28-20-17-11-6-5-8-15(17)14-19(21(20)30)24(32)27-16-9-3-2-4-10-16;1-31-19-13-18(25-23(26-19)32-2)27-28-20-16-11-7-6-8-14(16)12-17(21(20)29)22(30)24-15-9-4-3-5-10-15;27-19-17(20(28)24-15-8-2-1-3-9-15)13-14-7-4-5-10-16(14)18(19)25-26-21-22-11-6-12-23-21/h1-12,31H,(H2,25,32)(H2,26,33)(H,28,34);2-14,30H,1H3,(H,25,31)(H,27,32);3-13,29H,1-2H3,(H,24,30);1-13,27H,(H,24,28). The number of pyridine rings is 2. The number of amides is 7. The molecule has 4 heterocycles. The van der Waals surface area contributed by atoms with Gasteiger partial charge in [0.2, 0.25) is 5.88 Å². The molecule has 0 fully saturated rings. The maximum Gasteiger partial charge on any atom is 0.321 e. The number of benzene rings is 12. The Labute approximate surface area is 715 Å². The number of aromatic nitrogens is 6. The summed E-state index contributed by atoms with van der Waals surface area (Å²) in [5.74, 6) is -4.61. The summed E-state index contributed by atoms with van der Waals surface area (Å²) in [5.41, 5.74) is 13.7. The lowest BCUT2D eigenvalue weighted by Gasteiger charge is -2.12. The van der Waals surface area contributed by atoms with Gasteiger partial charge in [0.25, 0.3) is 47.3 Å². The number of rotatable bonds is 21. The summed E-state index contributed by atoms with van der Waals surface area (Å²) in [7, 11) is 4.38. The molecular weight excluding hydrogens is 1610 g/mol. The number of para-hydroxylation sites is 4. The predicted molar refractivity (Wildman–Crippen MR) is 473 cm³/mol. The van der Waals surface area contributed by atoms with Crippen LogP contribution in [0.3, 0.4) is 0 Å². The van der Waals surface area contributed by atoms with Crippen LogP contribution < -0.4 is 47.5 Å². The number of aromatic hydroxyl groups is 4. The lowest BCUT2D eigenvalue weighted by Crippen LogP contribution is -2.18. The van der Waals surface area contributed by atoms with Crippen molar-refractivity contribution in [3.63, 3.8) is 0 Å². The number of hydrogen-bond donors (Lipinski definition) is 11. The van der Waals surface area contributed by atoms with Gasteiger partial charge < -0.3 is 68.0 Å². The summed E-state index contributed by atoms with van der Waals surface area (Å²) >= 11 is 0. The van der Waals surface area contributed by atoms with E-state index in [-0.39, 0.29) is 126 Å². The molecule has 13 N–H and O–H groups in total. The number of anilines is 4. The maximum absolute atomic E-state index is 13.1. The molecule has 0 saturated carbocycles. The van der Waals surface area contributed by atoms with E-state index in [2.05, 4.69) is 97.4 Å². The van der Waals surface area contributed by atoms with E-state index in [1.807, 2.05) is 72.8 Å². The molecule has 0 saturated heterocycles. The molecule has 622 valence electrons. The smallest absolute Gasteiger partial charge is 0.321 e. The van der Waals surface area contributed by atoms with Crippen LogP contribution in [0.2, 0.25) is 0 Å². The third kappa shape index (κ3) is 20.7. The monoisotopic (exact) mass is 1680 g/mol. The fraction of sp³-hybridized carbons (Fsp3) is 0.0326. The van der Waals surface area contributed by atoms with Crippen LogP contribution in [0.5, 0.6) is 34.9 Å². The first-order valence-electron chi connectivity index (χ1n) is 37.9. The van der Waals surface area contributed by atoms with Crippen LogP contribution in [-0.4, -0.2) is 113 Å². The van der Waals surface area contributed by atoms with Crippen molar-refractivity contribution in [2.45, 2.75) is 0 Å². The molecule has 126 heavy (non-hydrogen) atoms. The minimum atomic E-state index is -0.739. The Bertz CT molecular complexity index is 6910. The van der Waals surface area contributed by atoms with Crippen molar-refractivity contribution < 1.29 is 63.5 Å². The SMILES string of the molecule is CNC(=O)c1cccnc1N=Nc1c(O)c(C(=O)Nc2ccccc2)cc2ccccc12.COc1cc(N=Nc2c(O)c(C(=O)Nc3ccccc3)cc3ccccc23)nc(OC)n1.NC(=O)c1ccccc1NC(=O)c1cc2ccccc2c(N=Nc2ncccc2C(N)=O)c1O.O=C(Nc1ccccc1)c1cc2ccccc2c(N=Nc2ncccn2)c1O. The molecule has 0 atom stereocenters. The van der Waals surface area contributed by atoms with E-state index >= 15 is 0 Å². The van der Waals surface area contributed by atoms with Crippen molar-refractivity contribution in [3.05, 3.63) is 337 Å². The Kier molecular flexibility index (Phi) is 27.4. The molecule has 0 unspecified atom stereocenters. The molecule has 16 aromatic rings. The van der Waals surface area contributed by atoms with Gasteiger partial charge in [0.05, 0.1) is 58.9 Å². The van der Waals surface area contributed by atoms with E-state index < -0.39 is 41.2 Å². The van der Waals surface area contributed by atoms with E-state index in [4.69, 9.17) is 20.9 Å². The van der Waals surface area contributed by atoms with Crippen LogP contribution in [-0.2, 0) is 0 Å². The Morgan fingerprint density at radius 1 is 0.317 bits per heavy atom. The second kappa shape index (κ2) is 40.4. The largest absolute Gasteiger partial charge is 0.505 e. The molecule has 0 aliphatic heterocycles. The topological polar surface area (TPSA) is 507 Å². The van der Waals surface area contributed by atoms with Gasteiger partial charge in [0, 0.05) is 76.5 Å². The molecule has 4 aromatic heterocycles. The number of primary amides is 2.